The van der Waals surface area contributed by atoms with Crippen LogP contribution >= 0.6 is 0 Å². The van der Waals surface area contributed by atoms with Crippen LogP contribution in [0.1, 0.15) is 56.3 Å². The van der Waals surface area contributed by atoms with E-state index in [0.717, 1.165) is 25.7 Å². The van der Waals surface area contributed by atoms with Gasteiger partial charge in [-0.2, -0.15) is 0 Å². The summed E-state index contributed by atoms with van der Waals surface area (Å²) < 4.78 is 19.6. The lowest BCUT2D eigenvalue weighted by atomic mass is 9.85. The number of carbonyl (C=O) groups excluding carboxylic acids is 1. The van der Waals surface area contributed by atoms with Gasteiger partial charge < -0.3 is 4.74 Å². The molecule has 0 radical (unpaired) electrons. The van der Waals surface area contributed by atoms with Crippen LogP contribution in [0.5, 0.6) is 5.75 Å². The van der Waals surface area contributed by atoms with Gasteiger partial charge in [0.2, 0.25) is 0 Å². The van der Waals surface area contributed by atoms with Crippen molar-refractivity contribution in [2.24, 2.45) is 5.92 Å². The van der Waals surface area contributed by atoms with E-state index in [1.54, 1.807) is 12.1 Å². The fourth-order valence-electron chi connectivity index (χ4n) is 2.84. The first-order valence-electron chi connectivity index (χ1n) is 7.08. The van der Waals surface area contributed by atoms with Gasteiger partial charge in [0.05, 0.1) is 11.7 Å². The van der Waals surface area contributed by atoms with Gasteiger partial charge in [-0.05, 0) is 44.2 Å². The van der Waals surface area contributed by atoms with E-state index < -0.39 is 5.82 Å². The first-order valence-corrected chi connectivity index (χ1v) is 7.08. The lowest BCUT2D eigenvalue weighted by molar-refractivity contribution is 0.0983. The van der Waals surface area contributed by atoms with E-state index >= 15 is 0 Å². The first-order chi connectivity index (χ1) is 9.11. The molecular weight excluding hydrogens is 243 g/mol. The molecule has 0 aromatic heterocycles. The minimum Gasteiger partial charge on any atom is -0.490 e. The Morgan fingerprint density at radius 1 is 1.42 bits per heavy atom. The summed E-state index contributed by atoms with van der Waals surface area (Å²) >= 11 is 0. The number of ketones is 1. The highest BCUT2D eigenvalue weighted by Gasteiger charge is 2.24. The lowest BCUT2D eigenvalue weighted by Crippen LogP contribution is -2.25. The highest BCUT2D eigenvalue weighted by Crippen LogP contribution is 2.31. The molecule has 3 heteroatoms. The number of rotatable bonds is 4. The topological polar surface area (TPSA) is 26.3 Å². The summed E-state index contributed by atoms with van der Waals surface area (Å²) in [6.07, 6.45) is 5.66. The fraction of sp³-hybridized carbons (Fsp3) is 0.562. The summed E-state index contributed by atoms with van der Waals surface area (Å²) in [5, 5.41) is 0. The van der Waals surface area contributed by atoms with Gasteiger partial charge >= 0.3 is 0 Å². The molecule has 1 aromatic carbocycles. The normalized spacial score (nSPS) is 23.1. The van der Waals surface area contributed by atoms with Crippen molar-refractivity contribution in [3.8, 4) is 5.75 Å². The Kier molecular flexibility index (Phi) is 4.56. The molecule has 1 aliphatic carbocycles. The summed E-state index contributed by atoms with van der Waals surface area (Å²) in [4.78, 5) is 11.5. The van der Waals surface area contributed by atoms with E-state index in [-0.39, 0.29) is 17.5 Å². The summed E-state index contributed by atoms with van der Waals surface area (Å²) in [6.45, 7) is 3.57. The Hall–Kier alpha value is -1.38. The third-order valence-electron chi connectivity index (χ3n) is 3.93. The molecule has 0 N–H and O–H groups in total. The maximum Gasteiger partial charge on any atom is 0.166 e. The predicted octanol–water partition coefficient (Wildman–Crippen LogP) is 4.38. The van der Waals surface area contributed by atoms with Crippen molar-refractivity contribution < 1.29 is 13.9 Å². The SMILES string of the molecule is CCC1CCCC(Oc2cccc(F)c2C(C)=O)C1. The molecule has 1 aliphatic rings. The van der Waals surface area contributed by atoms with Crippen LogP contribution < -0.4 is 4.74 Å². The molecule has 1 aromatic rings. The zero-order valence-corrected chi connectivity index (χ0v) is 11.6. The maximum absolute atomic E-state index is 13.7. The molecule has 0 spiro atoms. The van der Waals surface area contributed by atoms with Crippen molar-refractivity contribution >= 4 is 5.78 Å². The molecule has 1 saturated carbocycles. The van der Waals surface area contributed by atoms with E-state index in [9.17, 15) is 9.18 Å². The Morgan fingerprint density at radius 2 is 2.21 bits per heavy atom. The fourth-order valence-corrected chi connectivity index (χ4v) is 2.84. The van der Waals surface area contributed by atoms with E-state index in [2.05, 4.69) is 6.92 Å². The van der Waals surface area contributed by atoms with Crippen molar-refractivity contribution in [3.05, 3.63) is 29.6 Å². The first kappa shape index (κ1) is 14.0. The Balaban J connectivity index is 2.14. The number of hydrogen-bond acceptors (Lipinski definition) is 2. The zero-order valence-electron chi connectivity index (χ0n) is 11.6. The van der Waals surface area contributed by atoms with Crippen LogP contribution in [0.15, 0.2) is 18.2 Å². The molecule has 2 unspecified atom stereocenters. The van der Waals surface area contributed by atoms with Crippen molar-refractivity contribution in [3.63, 3.8) is 0 Å². The van der Waals surface area contributed by atoms with Crippen LogP contribution in [-0.2, 0) is 0 Å². The second-order valence-electron chi connectivity index (χ2n) is 5.35. The second kappa shape index (κ2) is 6.18. The van der Waals surface area contributed by atoms with Gasteiger partial charge in [-0.25, -0.2) is 4.39 Å². The van der Waals surface area contributed by atoms with Gasteiger partial charge in [0.15, 0.2) is 5.78 Å². The van der Waals surface area contributed by atoms with E-state index in [0.29, 0.717) is 11.7 Å². The van der Waals surface area contributed by atoms with Gasteiger partial charge in [0, 0.05) is 0 Å². The molecule has 0 bridgehead atoms. The minimum atomic E-state index is -0.493. The van der Waals surface area contributed by atoms with Crippen LogP contribution in [0.4, 0.5) is 4.39 Å². The monoisotopic (exact) mass is 264 g/mol. The molecule has 2 rings (SSSR count). The number of Topliss-reactive ketones (excluding diaryl/α,β-unsaturated/α-hetero) is 1. The molecule has 19 heavy (non-hydrogen) atoms. The number of hydrogen-bond donors (Lipinski definition) is 0. The van der Waals surface area contributed by atoms with Crippen LogP contribution in [0.25, 0.3) is 0 Å². The Labute approximate surface area is 114 Å². The third-order valence-corrected chi connectivity index (χ3v) is 3.93. The van der Waals surface area contributed by atoms with Crippen LogP contribution in [0.2, 0.25) is 0 Å². The third kappa shape index (κ3) is 3.34. The number of halogens is 1. The lowest BCUT2D eigenvalue weighted by Gasteiger charge is -2.29. The number of carbonyl (C=O) groups is 1. The Bertz CT molecular complexity index is 456. The highest BCUT2D eigenvalue weighted by molar-refractivity contribution is 5.97. The molecule has 0 saturated heterocycles. The smallest absolute Gasteiger partial charge is 0.166 e. The summed E-state index contributed by atoms with van der Waals surface area (Å²) in [5.41, 5.74) is 0.0844. The average Bonchev–Trinajstić information content (AvgIpc) is 2.38. The molecule has 0 heterocycles. The van der Waals surface area contributed by atoms with Gasteiger partial charge in [-0.3, -0.25) is 4.79 Å². The van der Waals surface area contributed by atoms with Gasteiger partial charge in [-0.15, -0.1) is 0 Å². The largest absolute Gasteiger partial charge is 0.490 e. The van der Waals surface area contributed by atoms with Crippen molar-refractivity contribution in [2.75, 3.05) is 0 Å². The van der Waals surface area contributed by atoms with Crippen LogP contribution in [0.3, 0.4) is 0 Å². The zero-order chi connectivity index (χ0) is 13.8. The molecular formula is C16H21FO2. The highest BCUT2D eigenvalue weighted by atomic mass is 19.1. The van der Waals surface area contributed by atoms with Gasteiger partial charge in [0.25, 0.3) is 0 Å². The molecule has 1 fully saturated rings. The molecule has 2 nitrogen and oxygen atoms in total. The summed E-state index contributed by atoms with van der Waals surface area (Å²) in [6, 6.07) is 4.59. The van der Waals surface area contributed by atoms with Crippen LogP contribution in [0, 0.1) is 11.7 Å². The van der Waals surface area contributed by atoms with Crippen molar-refractivity contribution in [1.29, 1.82) is 0 Å². The Morgan fingerprint density at radius 3 is 2.89 bits per heavy atom. The predicted molar refractivity (Wildman–Crippen MR) is 73.1 cm³/mol. The number of ether oxygens (including phenoxy) is 1. The summed E-state index contributed by atoms with van der Waals surface area (Å²) in [5.74, 6) is 0.311. The molecule has 0 amide bonds. The minimum absolute atomic E-state index is 0.0844. The number of benzene rings is 1. The van der Waals surface area contributed by atoms with E-state index in [4.69, 9.17) is 4.74 Å². The second-order valence-corrected chi connectivity index (χ2v) is 5.35. The quantitative estimate of drug-likeness (QED) is 0.754. The van der Waals surface area contributed by atoms with Gasteiger partial charge in [-0.1, -0.05) is 25.8 Å². The summed E-state index contributed by atoms with van der Waals surface area (Å²) in [7, 11) is 0. The van der Waals surface area contributed by atoms with E-state index in [1.165, 1.54) is 19.4 Å². The maximum atomic E-state index is 13.7. The molecule has 104 valence electrons. The van der Waals surface area contributed by atoms with Crippen LogP contribution in [-0.4, -0.2) is 11.9 Å². The molecule has 2 atom stereocenters. The standard InChI is InChI=1S/C16H21FO2/c1-3-12-6-4-7-13(10-12)19-15-9-5-8-14(17)16(15)11(2)18/h5,8-9,12-13H,3-4,6-7,10H2,1-2H3. The molecule has 0 aliphatic heterocycles. The van der Waals surface area contributed by atoms with Crippen molar-refractivity contribution in [1.82, 2.24) is 0 Å². The van der Waals surface area contributed by atoms with Crippen molar-refractivity contribution in [2.45, 2.75) is 52.1 Å². The van der Waals surface area contributed by atoms with E-state index in [1.807, 2.05) is 0 Å². The van der Waals surface area contributed by atoms with Gasteiger partial charge in [0.1, 0.15) is 11.6 Å². The average molecular weight is 264 g/mol.